The van der Waals surface area contributed by atoms with Crippen molar-refractivity contribution in [3.63, 3.8) is 0 Å². The van der Waals surface area contributed by atoms with Gasteiger partial charge in [0.15, 0.2) is 6.04 Å². The molecule has 1 aliphatic heterocycles. The maximum atomic E-state index is 12.1. The Bertz CT molecular complexity index is 486. The van der Waals surface area contributed by atoms with Crippen LogP contribution in [0.4, 0.5) is 4.79 Å². The summed E-state index contributed by atoms with van der Waals surface area (Å²) in [6.07, 6.45) is 0. The Labute approximate surface area is 104 Å². The maximum absolute atomic E-state index is 12.1. The minimum Gasteiger partial charge on any atom is -0.467 e. The molecule has 3 amide bonds. The van der Waals surface area contributed by atoms with E-state index in [0.29, 0.717) is 5.56 Å². The van der Waals surface area contributed by atoms with E-state index in [2.05, 4.69) is 10.1 Å². The number of esters is 1. The fourth-order valence-electron chi connectivity index (χ4n) is 1.78. The van der Waals surface area contributed by atoms with Crippen LogP contribution < -0.4 is 5.32 Å². The minimum atomic E-state index is -0.907. The molecule has 1 aromatic rings. The summed E-state index contributed by atoms with van der Waals surface area (Å²) in [6.45, 7) is 0.0735. The lowest BCUT2D eigenvalue weighted by molar-refractivity contribution is -0.144. The molecule has 6 nitrogen and oxygen atoms in total. The molecule has 1 aromatic carbocycles. The van der Waals surface area contributed by atoms with Crippen molar-refractivity contribution in [3.05, 3.63) is 35.9 Å². The van der Waals surface area contributed by atoms with Gasteiger partial charge in [-0.25, -0.2) is 14.5 Å². The van der Waals surface area contributed by atoms with Gasteiger partial charge in [-0.3, -0.25) is 4.79 Å². The van der Waals surface area contributed by atoms with Crippen molar-refractivity contribution in [2.45, 2.75) is 6.04 Å². The first kappa shape index (κ1) is 12.1. The Morgan fingerprint density at radius 2 is 2.00 bits per heavy atom. The van der Waals surface area contributed by atoms with Crippen LogP contribution in [0, 0.1) is 0 Å². The number of hydrogen-bond acceptors (Lipinski definition) is 4. The largest absolute Gasteiger partial charge is 0.467 e. The molecule has 0 unspecified atom stereocenters. The molecule has 1 atom stereocenters. The molecule has 1 aliphatic rings. The summed E-state index contributed by atoms with van der Waals surface area (Å²) in [5.74, 6) is -1.13. The van der Waals surface area contributed by atoms with Crippen molar-refractivity contribution in [2.24, 2.45) is 0 Å². The molecular weight excluding hydrogens is 236 g/mol. The summed E-state index contributed by atoms with van der Waals surface area (Å²) < 4.78 is 4.57. The fourth-order valence-corrected chi connectivity index (χ4v) is 1.78. The lowest BCUT2D eigenvalue weighted by Crippen LogP contribution is -2.44. The van der Waals surface area contributed by atoms with E-state index in [1.54, 1.807) is 30.3 Å². The molecule has 0 saturated carbocycles. The number of methoxy groups -OCH3 is 1. The lowest BCUT2D eigenvalue weighted by atomic mass is 10.2. The quantitative estimate of drug-likeness (QED) is 0.768. The number of carbonyl (C=O) groups excluding carboxylic acids is 3. The summed E-state index contributed by atoms with van der Waals surface area (Å²) in [5.41, 5.74) is 0.350. The lowest BCUT2D eigenvalue weighted by Gasteiger charge is -2.18. The van der Waals surface area contributed by atoms with Gasteiger partial charge in [0, 0.05) is 5.56 Å². The molecule has 2 rings (SSSR count). The van der Waals surface area contributed by atoms with Crippen LogP contribution in [-0.2, 0) is 9.53 Å². The number of urea groups is 1. The highest BCUT2D eigenvalue weighted by Crippen LogP contribution is 2.14. The number of nitrogens with one attached hydrogen (secondary N) is 1. The number of ether oxygens (including phenoxy) is 1. The van der Waals surface area contributed by atoms with E-state index >= 15 is 0 Å². The van der Waals surface area contributed by atoms with Gasteiger partial charge in [-0.05, 0) is 12.1 Å². The van der Waals surface area contributed by atoms with Crippen LogP contribution in [0.1, 0.15) is 10.4 Å². The van der Waals surface area contributed by atoms with Gasteiger partial charge < -0.3 is 10.1 Å². The zero-order chi connectivity index (χ0) is 13.1. The first-order valence-corrected chi connectivity index (χ1v) is 5.39. The Morgan fingerprint density at radius 1 is 1.33 bits per heavy atom. The van der Waals surface area contributed by atoms with Gasteiger partial charge in [-0.15, -0.1) is 0 Å². The Morgan fingerprint density at radius 3 is 2.61 bits per heavy atom. The molecular formula is C12H12N2O4. The third kappa shape index (κ3) is 2.04. The van der Waals surface area contributed by atoms with Crippen molar-refractivity contribution in [1.29, 1.82) is 0 Å². The van der Waals surface area contributed by atoms with Crippen LogP contribution in [-0.4, -0.2) is 42.5 Å². The smallest absolute Gasteiger partial charge is 0.331 e. The zero-order valence-corrected chi connectivity index (χ0v) is 9.75. The Kier molecular flexibility index (Phi) is 3.27. The Hall–Kier alpha value is -2.37. The number of carbonyl (C=O) groups is 3. The van der Waals surface area contributed by atoms with E-state index in [1.807, 2.05) is 0 Å². The van der Waals surface area contributed by atoms with Crippen LogP contribution in [0.5, 0.6) is 0 Å². The number of benzene rings is 1. The second-order valence-electron chi connectivity index (χ2n) is 3.77. The van der Waals surface area contributed by atoms with Gasteiger partial charge in [0.2, 0.25) is 0 Å². The van der Waals surface area contributed by atoms with E-state index in [9.17, 15) is 14.4 Å². The highest BCUT2D eigenvalue weighted by Gasteiger charge is 2.41. The number of nitrogens with zero attached hydrogens (tertiary/aromatic N) is 1. The van der Waals surface area contributed by atoms with Gasteiger partial charge >= 0.3 is 12.0 Å². The molecule has 1 fully saturated rings. The highest BCUT2D eigenvalue weighted by molar-refractivity contribution is 6.08. The van der Waals surface area contributed by atoms with Crippen LogP contribution >= 0.6 is 0 Å². The van der Waals surface area contributed by atoms with Gasteiger partial charge in [-0.1, -0.05) is 18.2 Å². The average molecular weight is 248 g/mol. The number of hydrogen-bond donors (Lipinski definition) is 1. The third-order valence-electron chi connectivity index (χ3n) is 2.69. The molecule has 0 spiro atoms. The van der Waals surface area contributed by atoms with E-state index < -0.39 is 23.9 Å². The van der Waals surface area contributed by atoms with E-state index in [1.165, 1.54) is 7.11 Å². The number of rotatable bonds is 2. The minimum absolute atomic E-state index is 0.0735. The van der Waals surface area contributed by atoms with Crippen LogP contribution in [0.25, 0.3) is 0 Å². The number of amides is 3. The van der Waals surface area contributed by atoms with Crippen molar-refractivity contribution in [2.75, 3.05) is 13.7 Å². The number of imide groups is 1. The van der Waals surface area contributed by atoms with Crippen LogP contribution in [0.3, 0.4) is 0 Å². The van der Waals surface area contributed by atoms with Crippen molar-refractivity contribution in [1.82, 2.24) is 10.2 Å². The molecule has 0 radical (unpaired) electrons. The monoisotopic (exact) mass is 248 g/mol. The normalized spacial score (nSPS) is 18.4. The van der Waals surface area contributed by atoms with Gasteiger partial charge in [0.25, 0.3) is 5.91 Å². The molecule has 6 heteroatoms. The summed E-state index contributed by atoms with van der Waals surface area (Å²) in [7, 11) is 1.22. The second kappa shape index (κ2) is 4.87. The Balaban J connectivity index is 2.27. The molecule has 0 aliphatic carbocycles. The molecule has 94 valence electrons. The molecule has 0 bridgehead atoms. The van der Waals surface area contributed by atoms with Crippen LogP contribution in [0.2, 0.25) is 0 Å². The average Bonchev–Trinajstić information content (AvgIpc) is 2.80. The SMILES string of the molecule is COC(=O)[C@@H]1CNC(=O)N1C(=O)c1ccccc1. The highest BCUT2D eigenvalue weighted by atomic mass is 16.5. The summed E-state index contributed by atoms with van der Waals surface area (Å²) in [4.78, 5) is 36.1. The molecule has 1 heterocycles. The molecule has 18 heavy (non-hydrogen) atoms. The zero-order valence-electron chi connectivity index (χ0n) is 9.75. The van der Waals surface area contributed by atoms with Gasteiger partial charge in [0.05, 0.1) is 13.7 Å². The van der Waals surface area contributed by atoms with Crippen molar-refractivity contribution in [3.8, 4) is 0 Å². The molecule has 1 saturated heterocycles. The predicted octanol–water partition coefficient (Wildman–Crippen LogP) is 0.394. The van der Waals surface area contributed by atoms with Crippen molar-refractivity contribution >= 4 is 17.9 Å². The van der Waals surface area contributed by atoms with Gasteiger partial charge in [-0.2, -0.15) is 0 Å². The maximum Gasteiger partial charge on any atom is 0.331 e. The molecule has 1 N–H and O–H groups in total. The summed E-state index contributed by atoms with van der Waals surface area (Å²) >= 11 is 0. The first-order chi connectivity index (χ1) is 8.65. The van der Waals surface area contributed by atoms with E-state index in [-0.39, 0.29) is 6.54 Å². The van der Waals surface area contributed by atoms with Gasteiger partial charge in [0.1, 0.15) is 0 Å². The fraction of sp³-hybridized carbons (Fsp3) is 0.250. The van der Waals surface area contributed by atoms with Crippen molar-refractivity contribution < 1.29 is 19.1 Å². The molecule has 0 aromatic heterocycles. The summed E-state index contributed by atoms with van der Waals surface area (Å²) in [5, 5.41) is 2.45. The first-order valence-electron chi connectivity index (χ1n) is 5.39. The second-order valence-corrected chi connectivity index (χ2v) is 3.77. The third-order valence-corrected chi connectivity index (χ3v) is 2.69. The standard InChI is InChI=1S/C12H12N2O4/c1-18-11(16)9-7-13-12(17)14(9)10(15)8-5-3-2-4-6-8/h2-6,9H,7H2,1H3,(H,13,17)/t9-/m0/s1. The predicted molar refractivity (Wildman–Crippen MR) is 61.8 cm³/mol. The van der Waals surface area contributed by atoms with E-state index in [0.717, 1.165) is 4.90 Å². The van der Waals surface area contributed by atoms with E-state index in [4.69, 9.17) is 0 Å². The summed E-state index contributed by atoms with van der Waals surface area (Å²) in [6, 6.07) is 6.82. The topological polar surface area (TPSA) is 75.7 Å². The van der Waals surface area contributed by atoms with Crippen LogP contribution in [0.15, 0.2) is 30.3 Å².